The van der Waals surface area contributed by atoms with E-state index in [4.69, 9.17) is 14.2 Å². The number of ether oxygens (including phenoxy) is 3. The minimum Gasteiger partial charge on any atom is -0.462 e. The Hall–Kier alpha value is -4.71. The monoisotopic (exact) mass is 1030 g/mol. The van der Waals surface area contributed by atoms with Gasteiger partial charge in [0.2, 0.25) is 0 Å². The molecule has 0 aromatic carbocycles. The van der Waals surface area contributed by atoms with Crippen LogP contribution in [0.2, 0.25) is 0 Å². The highest BCUT2D eigenvalue weighted by Gasteiger charge is 2.19. The normalized spacial score (nSPS) is 13.2. The summed E-state index contributed by atoms with van der Waals surface area (Å²) in [6.07, 6.45) is 88.3. The Morgan fingerprint density at radius 3 is 0.747 bits per heavy atom. The minimum atomic E-state index is -0.806. The molecule has 0 saturated heterocycles. The second-order valence-corrected chi connectivity index (χ2v) is 19.5. The van der Waals surface area contributed by atoms with Crippen LogP contribution in [0.5, 0.6) is 0 Å². The second-order valence-electron chi connectivity index (χ2n) is 19.5. The van der Waals surface area contributed by atoms with Gasteiger partial charge in [-0.25, -0.2) is 0 Å². The summed E-state index contributed by atoms with van der Waals surface area (Å²) in [7, 11) is 0. The smallest absolute Gasteiger partial charge is 0.306 e. The van der Waals surface area contributed by atoms with Crippen molar-refractivity contribution in [1.29, 1.82) is 0 Å². The molecule has 0 rings (SSSR count). The lowest BCUT2D eigenvalue weighted by atomic mass is 10.1. The van der Waals surface area contributed by atoms with E-state index in [1.54, 1.807) is 0 Å². The zero-order valence-electron chi connectivity index (χ0n) is 48.3. The molecule has 0 aliphatic heterocycles. The van der Waals surface area contributed by atoms with Crippen LogP contribution in [-0.2, 0) is 28.6 Å². The van der Waals surface area contributed by atoms with Crippen LogP contribution < -0.4 is 0 Å². The number of carbonyl (C=O) groups excluding carboxylic acids is 3. The molecule has 422 valence electrons. The summed E-state index contributed by atoms with van der Waals surface area (Å²) in [5, 5.41) is 0. The van der Waals surface area contributed by atoms with Crippen LogP contribution in [0.4, 0.5) is 0 Å². The molecule has 0 aromatic heterocycles. The van der Waals surface area contributed by atoms with Gasteiger partial charge in [0.05, 0.1) is 0 Å². The lowest BCUT2D eigenvalue weighted by Crippen LogP contribution is -2.30. The van der Waals surface area contributed by atoms with Gasteiger partial charge in [0.1, 0.15) is 13.2 Å². The highest BCUT2D eigenvalue weighted by atomic mass is 16.6. The molecule has 6 nitrogen and oxygen atoms in total. The highest BCUT2D eigenvalue weighted by molar-refractivity contribution is 5.71. The molecule has 6 heteroatoms. The molecule has 0 amide bonds. The number of allylic oxidation sites excluding steroid dienone is 24. The van der Waals surface area contributed by atoms with E-state index < -0.39 is 6.10 Å². The molecule has 0 bridgehead atoms. The average Bonchev–Trinajstić information content (AvgIpc) is 3.41. The molecule has 1 unspecified atom stereocenters. The standard InChI is InChI=1S/C69H110O6/c1-4-7-10-13-16-19-22-25-28-31-33-34-36-38-41-44-47-50-53-56-59-62-68(71)74-65-66(64-73-67(70)61-58-55-52-49-46-43-40-37-30-27-24-21-18-15-12-9-6-3)75-69(72)63-60-57-54-51-48-45-42-39-35-32-29-26-23-20-17-14-11-8-5-2/h7-12,16-21,25-30,33-35,38-39,41,66H,4-6,13-15,22-24,31-32,36-37,40,42-65H2,1-3H3/b10-7-,11-8-,12-9-,19-16-,20-17-,21-18-,28-25-,29-26-,30-27-,34-33-,39-35-,41-38-. The Kier molecular flexibility index (Phi) is 58.0. The van der Waals surface area contributed by atoms with Crippen LogP contribution in [-0.4, -0.2) is 37.2 Å². The fourth-order valence-corrected chi connectivity index (χ4v) is 7.89. The summed E-state index contributed by atoms with van der Waals surface area (Å²) in [6.45, 7) is 6.27. The summed E-state index contributed by atoms with van der Waals surface area (Å²) < 4.78 is 16.9. The molecule has 0 saturated carbocycles. The molecule has 0 spiro atoms. The van der Waals surface area contributed by atoms with Gasteiger partial charge in [0.25, 0.3) is 0 Å². The Morgan fingerprint density at radius 2 is 0.480 bits per heavy atom. The maximum Gasteiger partial charge on any atom is 0.306 e. The molecule has 0 heterocycles. The number of unbranched alkanes of at least 4 members (excludes halogenated alkanes) is 18. The molecule has 0 fully saturated rings. The van der Waals surface area contributed by atoms with E-state index in [2.05, 4.69) is 167 Å². The average molecular weight is 1040 g/mol. The van der Waals surface area contributed by atoms with Crippen molar-refractivity contribution in [2.24, 2.45) is 0 Å². The van der Waals surface area contributed by atoms with Gasteiger partial charge in [-0.15, -0.1) is 0 Å². The Balaban J connectivity index is 4.50. The number of rotatable bonds is 53. The molecular formula is C69H110O6. The van der Waals surface area contributed by atoms with Gasteiger partial charge in [-0.1, -0.05) is 244 Å². The Labute approximate surface area is 461 Å². The fourth-order valence-electron chi connectivity index (χ4n) is 7.89. The van der Waals surface area contributed by atoms with Crippen molar-refractivity contribution < 1.29 is 28.6 Å². The number of carbonyl (C=O) groups is 3. The maximum absolute atomic E-state index is 12.9. The molecule has 0 aliphatic carbocycles. The van der Waals surface area contributed by atoms with Crippen molar-refractivity contribution in [3.8, 4) is 0 Å². The molecule has 75 heavy (non-hydrogen) atoms. The van der Waals surface area contributed by atoms with E-state index in [-0.39, 0.29) is 31.1 Å². The molecular weight excluding hydrogens is 925 g/mol. The second kappa shape index (κ2) is 61.8. The summed E-state index contributed by atoms with van der Waals surface area (Å²) in [5.74, 6) is -0.946. The predicted octanol–water partition coefficient (Wildman–Crippen LogP) is 20.8. The third-order valence-corrected chi connectivity index (χ3v) is 12.3. The lowest BCUT2D eigenvalue weighted by molar-refractivity contribution is -0.167. The maximum atomic E-state index is 12.9. The minimum absolute atomic E-state index is 0.101. The Morgan fingerprint density at radius 1 is 0.267 bits per heavy atom. The third-order valence-electron chi connectivity index (χ3n) is 12.3. The van der Waals surface area contributed by atoms with Gasteiger partial charge in [-0.05, 0) is 135 Å². The van der Waals surface area contributed by atoms with Crippen LogP contribution in [0.1, 0.15) is 252 Å². The van der Waals surface area contributed by atoms with Crippen LogP contribution in [0.3, 0.4) is 0 Å². The third kappa shape index (κ3) is 60.0. The van der Waals surface area contributed by atoms with E-state index in [1.165, 1.54) is 38.5 Å². The highest BCUT2D eigenvalue weighted by Crippen LogP contribution is 2.14. The SMILES string of the molecule is CC/C=C\C/C=C\C/C=C\C/C=C\C/C=C\CCCCCCCC(=O)OCC(COC(=O)CCCCCCCCC/C=C\C/C=C\C/C=C\CC)OC(=O)CCCCCCCC/C=C\C/C=C\C/C=C\C/C=C\CC. The number of hydrogen-bond donors (Lipinski definition) is 0. The van der Waals surface area contributed by atoms with Crippen LogP contribution in [0, 0.1) is 0 Å². The largest absolute Gasteiger partial charge is 0.462 e. The van der Waals surface area contributed by atoms with Crippen molar-refractivity contribution in [2.45, 2.75) is 258 Å². The summed E-state index contributed by atoms with van der Waals surface area (Å²) in [5.41, 5.74) is 0. The first kappa shape index (κ1) is 70.3. The van der Waals surface area contributed by atoms with Crippen molar-refractivity contribution >= 4 is 17.9 Å². The van der Waals surface area contributed by atoms with Gasteiger partial charge in [-0.3, -0.25) is 14.4 Å². The zero-order valence-corrected chi connectivity index (χ0v) is 48.3. The fraction of sp³-hybridized carbons (Fsp3) is 0.609. The van der Waals surface area contributed by atoms with Gasteiger partial charge >= 0.3 is 17.9 Å². The van der Waals surface area contributed by atoms with Gasteiger partial charge in [0, 0.05) is 19.3 Å². The van der Waals surface area contributed by atoms with Gasteiger partial charge in [0.15, 0.2) is 6.10 Å². The van der Waals surface area contributed by atoms with E-state index >= 15 is 0 Å². The first-order chi connectivity index (χ1) is 37.0. The van der Waals surface area contributed by atoms with Gasteiger partial charge in [-0.2, -0.15) is 0 Å². The van der Waals surface area contributed by atoms with Crippen molar-refractivity contribution in [3.63, 3.8) is 0 Å². The van der Waals surface area contributed by atoms with Crippen molar-refractivity contribution in [2.75, 3.05) is 13.2 Å². The molecule has 0 radical (unpaired) electrons. The first-order valence-electron chi connectivity index (χ1n) is 30.3. The van der Waals surface area contributed by atoms with E-state index in [9.17, 15) is 14.4 Å². The summed E-state index contributed by atoms with van der Waals surface area (Å²) in [6, 6.07) is 0. The lowest BCUT2D eigenvalue weighted by Gasteiger charge is -2.18. The number of esters is 3. The molecule has 0 aromatic rings. The molecule has 0 aliphatic rings. The van der Waals surface area contributed by atoms with Crippen LogP contribution >= 0.6 is 0 Å². The van der Waals surface area contributed by atoms with Crippen molar-refractivity contribution in [3.05, 3.63) is 146 Å². The van der Waals surface area contributed by atoms with Crippen LogP contribution in [0.25, 0.3) is 0 Å². The first-order valence-corrected chi connectivity index (χ1v) is 30.3. The zero-order chi connectivity index (χ0) is 54.3. The van der Waals surface area contributed by atoms with Crippen molar-refractivity contribution in [1.82, 2.24) is 0 Å². The Bertz CT molecular complexity index is 1660. The topological polar surface area (TPSA) is 78.9 Å². The van der Waals surface area contributed by atoms with Gasteiger partial charge < -0.3 is 14.2 Å². The molecule has 0 N–H and O–H groups in total. The quantitative estimate of drug-likeness (QED) is 0.0261. The van der Waals surface area contributed by atoms with E-state index in [1.807, 2.05) is 0 Å². The summed E-state index contributed by atoms with van der Waals surface area (Å²) >= 11 is 0. The summed E-state index contributed by atoms with van der Waals surface area (Å²) in [4.78, 5) is 38.3. The predicted molar refractivity (Wildman–Crippen MR) is 325 cm³/mol. The molecule has 1 atom stereocenters. The number of hydrogen-bond acceptors (Lipinski definition) is 6. The van der Waals surface area contributed by atoms with E-state index in [0.29, 0.717) is 19.3 Å². The van der Waals surface area contributed by atoms with E-state index in [0.717, 1.165) is 173 Å². The van der Waals surface area contributed by atoms with Crippen LogP contribution in [0.15, 0.2) is 146 Å².